The van der Waals surface area contributed by atoms with E-state index in [1.54, 1.807) is 0 Å². The van der Waals surface area contributed by atoms with Crippen LogP contribution in [0, 0.1) is 6.92 Å². The van der Waals surface area contributed by atoms with Crippen molar-refractivity contribution in [2.45, 2.75) is 38.1 Å². The summed E-state index contributed by atoms with van der Waals surface area (Å²) in [5, 5.41) is 3.51. The van der Waals surface area contributed by atoms with Crippen molar-refractivity contribution in [1.82, 2.24) is 10.3 Å². The molecule has 0 aliphatic heterocycles. The number of fused-ring (bicyclic) bond motifs is 1. The highest BCUT2D eigenvalue weighted by Gasteiger charge is 2.28. The van der Waals surface area contributed by atoms with Crippen LogP contribution in [0.2, 0.25) is 0 Å². The summed E-state index contributed by atoms with van der Waals surface area (Å²) in [6.45, 7) is 2.13. The molecule has 2 atom stereocenters. The van der Waals surface area contributed by atoms with Gasteiger partial charge in [0.2, 0.25) is 0 Å². The normalized spacial score (nSPS) is 19.4. The lowest BCUT2D eigenvalue weighted by molar-refractivity contribution is 0.416. The van der Waals surface area contributed by atoms with Gasteiger partial charge >= 0.3 is 0 Å². The zero-order chi connectivity index (χ0) is 13.9. The van der Waals surface area contributed by atoms with E-state index in [9.17, 15) is 0 Å². The molecule has 1 aromatic carbocycles. The van der Waals surface area contributed by atoms with Crippen molar-refractivity contribution < 1.29 is 0 Å². The van der Waals surface area contributed by atoms with E-state index in [0.717, 1.165) is 0 Å². The maximum atomic E-state index is 4.67. The average molecular weight is 266 g/mol. The second kappa shape index (κ2) is 5.76. The van der Waals surface area contributed by atoms with E-state index in [1.165, 1.54) is 41.6 Å². The van der Waals surface area contributed by atoms with Gasteiger partial charge in [-0.2, -0.15) is 0 Å². The van der Waals surface area contributed by atoms with Crippen molar-refractivity contribution in [3.63, 3.8) is 0 Å². The summed E-state index contributed by atoms with van der Waals surface area (Å²) in [6.07, 6.45) is 5.57. The molecule has 0 bridgehead atoms. The molecule has 1 heterocycles. The summed E-state index contributed by atoms with van der Waals surface area (Å²) in [6, 6.07) is 13.5. The summed E-state index contributed by atoms with van der Waals surface area (Å²) in [4.78, 5) is 4.67. The third-order valence-electron chi connectivity index (χ3n) is 4.39. The fourth-order valence-corrected chi connectivity index (χ4v) is 3.34. The van der Waals surface area contributed by atoms with E-state index in [2.05, 4.69) is 60.7 Å². The average Bonchev–Trinajstić information content (AvgIpc) is 2.50. The van der Waals surface area contributed by atoms with Crippen LogP contribution < -0.4 is 5.32 Å². The number of hydrogen-bond acceptors (Lipinski definition) is 2. The second-order valence-electron chi connectivity index (χ2n) is 5.72. The number of rotatable bonds is 3. The van der Waals surface area contributed by atoms with Crippen LogP contribution in [-0.2, 0) is 6.42 Å². The Bertz CT molecular complexity index is 574. The molecule has 2 heteroatoms. The number of benzene rings is 1. The number of aromatic nitrogens is 1. The van der Waals surface area contributed by atoms with Crippen molar-refractivity contribution in [3.05, 3.63) is 65.0 Å². The number of pyridine rings is 1. The minimum absolute atomic E-state index is 0.351. The van der Waals surface area contributed by atoms with E-state index in [4.69, 9.17) is 0 Å². The Balaban J connectivity index is 1.96. The van der Waals surface area contributed by atoms with E-state index < -0.39 is 0 Å². The Hall–Kier alpha value is -1.67. The first-order valence-electron chi connectivity index (χ1n) is 7.47. The monoisotopic (exact) mass is 266 g/mol. The van der Waals surface area contributed by atoms with Crippen molar-refractivity contribution in [1.29, 1.82) is 0 Å². The molecule has 2 aromatic rings. The molecule has 1 aromatic heterocycles. The third-order valence-corrected chi connectivity index (χ3v) is 4.39. The summed E-state index contributed by atoms with van der Waals surface area (Å²) in [5.41, 5.74) is 5.39. The molecule has 0 radical (unpaired) electrons. The molecule has 0 saturated carbocycles. The number of aryl methyl sites for hydroxylation is 2. The molecule has 3 rings (SSSR count). The molecule has 2 nitrogen and oxygen atoms in total. The lowest BCUT2D eigenvalue weighted by Gasteiger charge is -2.31. The third kappa shape index (κ3) is 2.48. The van der Waals surface area contributed by atoms with Gasteiger partial charge in [-0.3, -0.25) is 4.98 Å². The van der Waals surface area contributed by atoms with E-state index in [1.807, 2.05) is 6.20 Å². The Kier molecular flexibility index (Phi) is 3.83. The molecule has 2 unspecified atom stereocenters. The van der Waals surface area contributed by atoms with Crippen molar-refractivity contribution in [3.8, 4) is 0 Å². The van der Waals surface area contributed by atoms with Gasteiger partial charge in [-0.15, -0.1) is 0 Å². The van der Waals surface area contributed by atoms with E-state index in [0.29, 0.717) is 12.0 Å². The summed E-state index contributed by atoms with van der Waals surface area (Å²) >= 11 is 0. The molecule has 1 N–H and O–H groups in total. The Morgan fingerprint density at radius 1 is 1.20 bits per heavy atom. The number of hydrogen-bond donors (Lipinski definition) is 1. The van der Waals surface area contributed by atoms with Gasteiger partial charge in [0.25, 0.3) is 0 Å². The van der Waals surface area contributed by atoms with Crippen LogP contribution in [0.3, 0.4) is 0 Å². The molecule has 1 aliphatic carbocycles. The largest absolute Gasteiger partial charge is 0.312 e. The molecule has 0 amide bonds. The van der Waals surface area contributed by atoms with Gasteiger partial charge in [-0.25, -0.2) is 0 Å². The lowest BCUT2D eigenvalue weighted by atomic mass is 9.79. The molecule has 1 aliphatic rings. The summed E-state index contributed by atoms with van der Waals surface area (Å²) in [5.74, 6) is 0.479. The molecule has 0 saturated heterocycles. The maximum absolute atomic E-state index is 4.67. The highest BCUT2D eigenvalue weighted by molar-refractivity contribution is 5.32. The van der Waals surface area contributed by atoms with Gasteiger partial charge in [-0.1, -0.05) is 35.9 Å². The molecular formula is C18H22N2. The fourth-order valence-electron chi connectivity index (χ4n) is 3.34. The highest BCUT2D eigenvalue weighted by Crippen LogP contribution is 2.38. The molecule has 0 fully saturated rings. The zero-order valence-corrected chi connectivity index (χ0v) is 12.3. The van der Waals surface area contributed by atoms with Gasteiger partial charge < -0.3 is 5.32 Å². The molecular weight excluding hydrogens is 244 g/mol. The standard InChI is InChI=1S/C18H22N2/c1-13-8-10-15(11-9-13)17(19-2)16-7-3-5-14-6-4-12-20-18(14)16/h4,6,8-12,16-17,19H,3,5,7H2,1-2H3. The smallest absolute Gasteiger partial charge is 0.0485 e. The van der Waals surface area contributed by atoms with Crippen molar-refractivity contribution in [2.24, 2.45) is 0 Å². The molecule has 20 heavy (non-hydrogen) atoms. The first kappa shape index (κ1) is 13.3. The first-order valence-corrected chi connectivity index (χ1v) is 7.47. The summed E-state index contributed by atoms with van der Waals surface area (Å²) < 4.78 is 0. The Morgan fingerprint density at radius 2 is 2.00 bits per heavy atom. The predicted octanol–water partition coefficient (Wildman–Crippen LogP) is 3.77. The van der Waals surface area contributed by atoms with Crippen LogP contribution >= 0.6 is 0 Å². The first-order chi connectivity index (χ1) is 9.79. The number of nitrogens with one attached hydrogen (secondary N) is 1. The molecule has 0 spiro atoms. The fraction of sp³-hybridized carbons (Fsp3) is 0.389. The predicted molar refractivity (Wildman–Crippen MR) is 82.9 cm³/mol. The number of nitrogens with zero attached hydrogens (tertiary/aromatic N) is 1. The maximum Gasteiger partial charge on any atom is 0.0485 e. The van der Waals surface area contributed by atoms with E-state index in [-0.39, 0.29) is 0 Å². The van der Waals surface area contributed by atoms with Crippen LogP contribution in [0.4, 0.5) is 0 Å². The van der Waals surface area contributed by atoms with Crippen LogP contribution in [0.1, 0.15) is 47.2 Å². The van der Waals surface area contributed by atoms with Gasteiger partial charge in [-0.05, 0) is 50.4 Å². The van der Waals surface area contributed by atoms with Crippen LogP contribution in [0.25, 0.3) is 0 Å². The van der Waals surface area contributed by atoms with Crippen LogP contribution in [-0.4, -0.2) is 12.0 Å². The zero-order valence-electron chi connectivity index (χ0n) is 12.3. The van der Waals surface area contributed by atoms with Crippen molar-refractivity contribution in [2.75, 3.05) is 7.05 Å². The van der Waals surface area contributed by atoms with Crippen LogP contribution in [0.5, 0.6) is 0 Å². The van der Waals surface area contributed by atoms with Crippen molar-refractivity contribution >= 4 is 0 Å². The Morgan fingerprint density at radius 3 is 2.75 bits per heavy atom. The topological polar surface area (TPSA) is 24.9 Å². The van der Waals surface area contributed by atoms with Gasteiger partial charge in [0.1, 0.15) is 0 Å². The van der Waals surface area contributed by atoms with Crippen LogP contribution in [0.15, 0.2) is 42.6 Å². The van der Waals surface area contributed by atoms with Gasteiger partial charge in [0.05, 0.1) is 0 Å². The van der Waals surface area contributed by atoms with E-state index >= 15 is 0 Å². The quantitative estimate of drug-likeness (QED) is 0.914. The van der Waals surface area contributed by atoms with Gasteiger partial charge in [0.15, 0.2) is 0 Å². The highest BCUT2D eigenvalue weighted by atomic mass is 14.9. The Labute approximate surface area is 121 Å². The summed E-state index contributed by atoms with van der Waals surface area (Å²) in [7, 11) is 2.06. The minimum Gasteiger partial charge on any atom is -0.312 e. The minimum atomic E-state index is 0.351. The van der Waals surface area contributed by atoms with Gasteiger partial charge in [0, 0.05) is 23.9 Å². The second-order valence-corrected chi connectivity index (χ2v) is 5.72. The molecule has 104 valence electrons. The lowest BCUT2D eigenvalue weighted by Crippen LogP contribution is -2.27. The number of likely N-dealkylation sites (N-methyl/N-ethyl adjacent to an activating group) is 1. The SMILES string of the molecule is CNC(c1ccc(C)cc1)C1CCCc2cccnc21.